The molecule has 5 heterocycles. The van der Waals surface area contributed by atoms with Crippen LogP contribution in [0.25, 0.3) is 94.8 Å². The molecule has 5 aromatic heterocycles. The van der Waals surface area contributed by atoms with Crippen molar-refractivity contribution in [2.45, 2.75) is 66.7 Å². The Labute approximate surface area is 399 Å². The number of rotatable bonds is 7. The number of imidazole rings is 1. The van der Waals surface area contributed by atoms with Crippen LogP contribution in [0.3, 0.4) is 0 Å². The minimum atomic E-state index is -1.48. The van der Waals surface area contributed by atoms with Gasteiger partial charge in [0.2, 0.25) is 0 Å². The van der Waals surface area contributed by atoms with Gasteiger partial charge >= 0.3 is 0 Å². The van der Waals surface area contributed by atoms with Gasteiger partial charge in [-0.05, 0) is 76.2 Å². The Morgan fingerprint density at radius 3 is 2.21 bits per heavy atom. The van der Waals surface area contributed by atoms with Gasteiger partial charge in [0.1, 0.15) is 16.7 Å². The number of hydrogen-bond donors (Lipinski definition) is 0. The van der Waals surface area contributed by atoms with Crippen LogP contribution in [-0.4, -0.2) is 24.5 Å². The smallest absolute Gasteiger partial charge is 0.163 e. The van der Waals surface area contributed by atoms with Crippen molar-refractivity contribution in [3.63, 3.8) is 0 Å². The zero-order valence-electron chi connectivity index (χ0n) is 39.7. The Bertz CT molecular complexity index is 3620. The molecule has 0 fully saturated rings. The van der Waals surface area contributed by atoms with Crippen LogP contribution in [0, 0.1) is 23.4 Å². The fourth-order valence-corrected chi connectivity index (χ4v) is 8.59. The number of pyridine rings is 1. The predicted octanol–water partition coefficient (Wildman–Crippen LogP) is 15.3. The van der Waals surface area contributed by atoms with E-state index in [9.17, 15) is 4.39 Å². The molecule has 0 aliphatic rings. The maximum absolute atomic E-state index is 12.9. The Morgan fingerprint density at radius 1 is 0.727 bits per heavy atom. The third-order valence-corrected chi connectivity index (χ3v) is 11.5. The number of aromatic nitrogens is 5. The molecular formula is C57H48FIrN5O2-2. The molecule has 0 unspecified atom stereocenters. The zero-order chi connectivity index (χ0) is 46.8. The van der Waals surface area contributed by atoms with Crippen LogP contribution < -0.4 is 0 Å². The maximum Gasteiger partial charge on any atom is 0.163 e. The SMILES string of the molecule is CC(C)c1cccc(C(C)C)c1-n1c(-c2[c-]ccc3c2oc2cnc(-c4cccc5c4oc4ccccc45)nc23)nc2ccccc21.[2H]C([2H])(c1ccnc(-c2[c-]cc(F)cc2)c1)C(C)(C)C.[Ir]. The second kappa shape index (κ2) is 17.9. The number of furan rings is 2. The van der Waals surface area contributed by atoms with Gasteiger partial charge in [-0.25, -0.2) is 9.97 Å². The van der Waals surface area contributed by atoms with Crippen LogP contribution >= 0.6 is 0 Å². The first kappa shape index (κ1) is 41.9. The number of fused-ring (bicyclic) bond motifs is 7. The molecule has 6 aromatic carbocycles. The summed E-state index contributed by atoms with van der Waals surface area (Å²) in [5, 5.41) is 2.99. The Hall–Kier alpha value is -6.80. The van der Waals surface area contributed by atoms with Crippen LogP contribution in [-0.2, 0) is 26.5 Å². The second-order valence-electron chi connectivity index (χ2n) is 18.0. The van der Waals surface area contributed by atoms with Gasteiger partial charge in [-0.2, -0.15) is 0 Å². The molecule has 0 spiro atoms. The summed E-state index contributed by atoms with van der Waals surface area (Å²) in [4.78, 5) is 19.3. The van der Waals surface area contributed by atoms with Gasteiger partial charge in [-0.1, -0.05) is 126 Å². The van der Waals surface area contributed by atoms with Gasteiger partial charge in [0.05, 0.1) is 34.2 Å². The van der Waals surface area contributed by atoms with E-state index >= 15 is 0 Å². The van der Waals surface area contributed by atoms with Crippen molar-refractivity contribution in [3.05, 3.63) is 174 Å². The standard InChI is InChI=1S/C41H31N4O2.C16H17FN.Ir/c1-23(2)25-13-9-14-26(24(3)4)37(25)45-33-20-7-6-19-32(33)43-41(45)31-18-11-16-29-36-35(47-39(29)31)22-42-40(44-36)30-17-10-15-28-27-12-5-8-21-34(27)46-38(28)30;1-16(2,3)11-12-8-9-18-15(10-12)13-4-6-14(17)7-5-13;/h5-17,19-24H,1-4H3;4,6-10H,11H2,1-3H3;/q2*-1;/i;11D2;. The quantitative estimate of drug-likeness (QED) is 0.148. The van der Waals surface area contributed by atoms with Gasteiger partial charge < -0.3 is 18.4 Å². The molecule has 0 bridgehead atoms. The largest absolute Gasteiger partial charge is 0.497 e. The van der Waals surface area contributed by atoms with E-state index in [1.165, 1.54) is 28.9 Å². The zero-order valence-corrected chi connectivity index (χ0v) is 40.1. The molecule has 331 valence electrons. The van der Waals surface area contributed by atoms with Crippen LogP contribution in [0.4, 0.5) is 4.39 Å². The van der Waals surface area contributed by atoms with Crippen LogP contribution in [0.15, 0.2) is 149 Å². The molecule has 0 aliphatic carbocycles. The summed E-state index contributed by atoms with van der Waals surface area (Å²) in [5.74, 6) is 1.64. The number of hydrogen-bond acceptors (Lipinski definition) is 6. The fraction of sp³-hybridized carbons (Fsp3) is 0.193. The Balaban J connectivity index is 0.000000232. The molecule has 0 saturated carbocycles. The van der Waals surface area contributed by atoms with E-state index in [1.807, 2.05) is 69.3 Å². The number of nitrogens with zero attached hydrogens (tertiary/aromatic N) is 5. The Morgan fingerprint density at radius 2 is 1.45 bits per heavy atom. The molecule has 0 aliphatic heterocycles. The molecule has 0 saturated heterocycles. The van der Waals surface area contributed by atoms with Gasteiger partial charge in [-0.15, -0.1) is 48.0 Å². The first-order chi connectivity index (χ1) is 32.2. The van der Waals surface area contributed by atoms with Gasteiger partial charge in [0.25, 0.3) is 0 Å². The molecule has 7 nitrogen and oxygen atoms in total. The maximum atomic E-state index is 12.9. The molecule has 11 rings (SSSR count). The summed E-state index contributed by atoms with van der Waals surface area (Å²) >= 11 is 0. The summed E-state index contributed by atoms with van der Waals surface area (Å²) in [6, 6.07) is 47.0. The summed E-state index contributed by atoms with van der Waals surface area (Å²) in [5.41, 5.74) is 12.2. The molecular weight excluding hydrogens is 998 g/mol. The van der Waals surface area contributed by atoms with Crippen molar-refractivity contribution in [1.29, 1.82) is 0 Å². The third-order valence-electron chi connectivity index (χ3n) is 11.5. The third kappa shape index (κ3) is 8.34. The number of halogens is 1. The molecule has 66 heavy (non-hydrogen) atoms. The van der Waals surface area contributed by atoms with Crippen molar-refractivity contribution in [2.75, 3.05) is 0 Å². The van der Waals surface area contributed by atoms with Crippen LogP contribution in [0.5, 0.6) is 0 Å². The summed E-state index contributed by atoms with van der Waals surface area (Å²) in [7, 11) is 0. The minimum Gasteiger partial charge on any atom is -0.497 e. The molecule has 11 aromatic rings. The van der Waals surface area contributed by atoms with Gasteiger partial charge in [-0.3, -0.25) is 9.37 Å². The normalized spacial score (nSPS) is 12.5. The fourth-order valence-electron chi connectivity index (χ4n) is 8.59. The first-order valence-corrected chi connectivity index (χ1v) is 22.0. The van der Waals surface area contributed by atoms with Gasteiger partial charge in [0, 0.05) is 51.3 Å². The molecule has 9 heteroatoms. The summed E-state index contributed by atoms with van der Waals surface area (Å²) in [6.45, 7) is 14.6. The molecule has 0 N–H and O–H groups in total. The monoisotopic (exact) mass is 1050 g/mol. The molecule has 0 atom stereocenters. The molecule has 1 radical (unpaired) electrons. The van der Waals surface area contributed by atoms with E-state index in [0.717, 1.165) is 60.8 Å². The van der Waals surface area contributed by atoms with E-state index in [0.29, 0.717) is 45.6 Å². The van der Waals surface area contributed by atoms with E-state index in [1.54, 1.807) is 30.6 Å². The topological polar surface area (TPSA) is 82.8 Å². The van der Waals surface area contributed by atoms with Crippen molar-refractivity contribution < 1.29 is 36.1 Å². The number of benzene rings is 6. The second-order valence-corrected chi connectivity index (χ2v) is 18.0. The van der Waals surface area contributed by atoms with Crippen LogP contribution in [0.2, 0.25) is 0 Å². The van der Waals surface area contributed by atoms with E-state index in [4.69, 9.17) is 26.5 Å². The summed E-state index contributed by atoms with van der Waals surface area (Å²) in [6.07, 6.45) is 1.85. The van der Waals surface area contributed by atoms with Crippen molar-refractivity contribution in [2.24, 2.45) is 5.41 Å². The van der Waals surface area contributed by atoms with Crippen LogP contribution in [0.1, 0.15) is 79.7 Å². The van der Waals surface area contributed by atoms with E-state index < -0.39 is 11.8 Å². The first-order valence-electron chi connectivity index (χ1n) is 23.0. The predicted molar refractivity (Wildman–Crippen MR) is 261 cm³/mol. The Kier molecular flexibility index (Phi) is 11.3. The summed E-state index contributed by atoms with van der Waals surface area (Å²) < 4.78 is 44.7. The van der Waals surface area contributed by atoms with Crippen molar-refractivity contribution in [3.8, 4) is 39.7 Å². The average Bonchev–Trinajstić information content (AvgIpc) is 4.03. The minimum absolute atomic E-state index is 0. The van der Waals surface area contributed by atoms with Crippen molar-refractivity contribution >= 4 is 55.0 Å². The van der Waals surface area contributed by atoms with Crippen molar-refractivity contribution in [1.82, 2.24) is 24.5 Å². The van der Waals surface area contributed by atoms with E-state index in [-0.39, 0.29) is 25.9 Å². The molecule has 0 amide bonds. The van der Waals surface area contributed by atoms with E-state index in [2.05, 4.69) is 97.9 Å². The van der Waals surface area contributed by atoms with Gasteiger partial charge in [0.15, 0.2) is 11.4 Å². The average molecular weight is 1050 g/mol. The number of para-hydroxylation sites is 5.